The van der Waals surface area contributed by atoms with Crippen molar-refractivity contribution in [2.75, 3.05) is 13.7 Å². The van der Waals surface area contributed by atoms with Gasteiger partial charge in [0.1, 0.15) is 5.82 Å². The Labute approximate surface area is 228 Å². The van der Waals surface area contributed by atoms with E-state index in [0.29, 0.717) is 12.2 Å². The number of rotatable bonds is 11. The average molecular weight is 548 g/mol. The molecule has 204 valence electrons. The summed E-state index contributed by atoms with van der Waals surface area (Å²) in [7, 11) is -2.88. The number of unbranched alkanes of at least 4 members (excludes halogenated alkanes) is 2. The van der Waals surface area contributed by atoms with Crippen molar-refractivity contribution in [3.8, 4) is 17.0 Å². The summed E-state index contributed by atoms with van der Waals surface area (Å²) in [6.45, 7) is 4.10. The van der Waals surface area contributed by atoms with Gasteiger partial charge in [0.15, 0.2) is 4.90 Å². The number of sulfone groups is 1. The van der Waals surface area contributed by atoms with Gasteiger partial charge in [-0.1, -0.05) is 62.2 Å². The first kappa shape index (κ1) is 28.2. The van der Waals surface area contributed by atoms with E-state index in [-0.39, 0.29) is 11.5 Å². The second-order valence-electron chi connectivity index (χ2n) is 9.41. The lowest BCUT2D eigenvalue weighted by molar-refractivity contribution is 0.165. The van der Waals surface area contributed by atoms with Gasteiger partial charge in [-0.3, -0.25) is 14.3 Å². The third-order valence-electron chi connectivity index (χ3n) is 6.72. The molecule has 39 heavy (non-hydrogen) atoms. The Hall–Kier alpha value is -3.82. The standard InChI is InChI=1S/C30H33N3O5S/c1-4-5-7-12-27-32-29(34)28(30(35)33(27)26(20-38-3)23-10-8-6-9-11-23)39(36,37)24-15-13-22(14-16-24)25-17-18-31-19-21(25)2/h6,8-11,13-19,26,34H,4-5,7,12,20H2,1-3H3. The summed E-state index contributed by atoms with van der Waals surface area (Å²) >= 11 is 0. The molecule has 0 amide bonds. The number of benzene rings is 2. The van der Waals surface area contributed by atoms with Gasteiger partial charge in [-0.05, 0) is 53.8 Å². The average Bonchev–Trinajstić information content (AvgIpc) is 2.93. The van der Waals surface area contributed by atoms with Crippen LogP contribution in [-0.4, -0.2) is 41.8 Å². The van der Waals surface area contributed by atoms with Crippen LogP contribution < -0.4 is 5.56 Å². The van der Waals surface area contributed by atoms with Crippen molar-refractivity contribution in [3.63, 3.8) is 0 Å². The van der Waals surface area contributed by atoms with Crippen LogP contribution in [-0.2, 0) is 21.0 Å². The fraction of sp³-hybridized carbons (Fsp3) is 0.300. The highest BCUT2D eigenvalue weighted by atomic mass is 32.2. The minimum Gasteiger partial charge on any atom is -0.492 e. The summed E-state index contributed by atoms with van der Waals surface area (Å²) in [5.41, 5.74) is 2.62. The molecule has 2 aromatic heterocycles. The van der Waals surface area contributed by atoms with Crippen LogP contribution in [0.15, 0.2) is 87.6 Å². The molecule has 2 aromatic carbocycles. The Morgan fingerprint density at radius 3 is 2.38 bits per heavy atom. The number of aryl methyl sites for hydroxylation is 2. The highest BCUT2D eigenvalue weighted by molar-refractivity contribution is 7.91. The molecule has 0 fully saturated rings. The van der Waals surface area contributed by atoms with Crippen LogP contribution in [0.25, 0.3) is 11.1 Å². The van der Waals surface area contributed by atoms with Crippen molar-refractivity contribution in [1.82, 2.24) is 14.5 Å². The van der Waals surface area contributed by atoms with Crippen LogP contribution in [0.1, 0.15) is 49.2 Å². The van der Waals surface area contributed by atoms with Gasteiger partial charge in [-0.25, -0.2) is 8.42 Å². The SMILES string of the molecule is CCCCCc1nc(O)c(S(=O)(=O)c2ccc(-c3ccncc3C)cc2)c(=O)n1C(COC)c1ccccc1. The number of pyridine rings is 1. The maximum absolute atomic E-state index is 14.0. The first-order valence-corrected chi connectivity index (χ1v) is 14.4. The van der Waals surface area contributed by atoms with Gasteiger partial charge in [0, 0.05) is 25.9 Å². The van der Waals surface area contributed by atoms with E-state index in [9.17, 15) is 18.3 Å². The normalized spacial score (nSPS) is 12.4. The van der Waals surface area contributed by atoms with Crippen LogP contribution in [0.4, 0.5) is 0 Å². The molecular weight excluding hydrogens is 514 g/mol. The van der Waals surface area contributed by atoms with Crippen molar-refractivity contribution in [3.05, 3.63) is 100 Å². The Morgan fingerprint density at radius 2 is 1.74 bits per heavy atom. The summed E-state index contributed by atoms with van der Waals surface area (Å²) in [6, 6.07) is 16.7. The van der Waals surface area contributed by atoms with E-state index >= 15 is 0 Å². The Bertz CT molecular complexity index is 1580. The predicted molar refractivity (Wildman–Crippen MR) is 150 cm³/mol. The van der Waals surface area contributed by atoms with Crippen LogP contribution >= 0.6 is 0 Å². The Kier molecular flexibility index (Phi) is 8.93. The van der Waals surface area contributed by atoms with Crippen LogP contribution in [0.2, 0.25) is 0 Å². The summed E-state index contributed by atoms with van der Waals surface area (Å²) in [5, 5.41) is 10.9. The molecule has 0 aliphatic heterocycles. The van der Waals surface area contributed by atoms with Crippen molar-refractivity contribution in [1.29, 1.82) is 0 Å². The fourth-order valence-corrected chi connectivity index (χ4v) is 6.04. The maximum Gasteiger partial charge on any atom is 0.277 e. The maximum atomic E-state index is 14.0. The monoisotopic (exact) mass is 547 g/mol. The van der Waals surface area contributed by atoms with Gasteiger partial charge in [0.25, 0.3) is 5.56 Å². The predicted octanol–water partition coefficient (Wildman–Crippen LogP) is 5.12. The van der Waals surface area contributed by atoms with E-state index in [1.165, 1.54) is 23.8 Å². The van der Waals surface area contributed by atoms with Crippen LogP contribution in [0.5, 0.6) is 5.88 Å². The van der Waals surface area contributed by atoms with Crippen molar-refractivity contribution < 1.29 is 18.3 Å². The zero-order chi connectivity index (χ0) is 28.0. The molecule has 0 radical (unpaired) electrons. The minimum absolute atomic E-state index is 0.111. The molecule has 4 rings (SSSR count). The lowest BCUT2D eigenvalue weighted by Crippen LogP contribution is -2.35. The number of ether oxygens (including phenoxy) is 1. The van der Waals surface area contributed by atoms with Gasteiger partial charge >= 0.3 is 0 Å². The number of hydrogen-bond acceptors (Lipinski definition) is 7. The van der Waals surface area contributed by atoms with Gasteiger partial charge < -0.3 is 9.84 Å². The van der Waals surface area contributed by atoms with Gasteiger partial charge in [0.05, 0.1) is 17.5 Å². The molecule has 9 heteroatoms. The summed E-state index contributed by atoms with van der Waals surface area (Å²) in [4.78, 5) is 21.5. The van der Waals surface area contributed by atoms with Gasteiger partial charge in [-0.2, -0.15) is 4.98 Å². The van der Waals surface area contributed by atoms with Crippen molar-refractivity contribution >= 4 is 9.84 Å². The van der Waals surface area contributed by atoms with Crippen LogP contribution in [0.3, 0.4) is 0 Å². The zero-order valence-electron chi connectivity index (χ0n) is 22.4. The van der Waals surface area contributed by atoms with Crippen LogP contribution in [0, 0.1) is 6.92 Å². The zero-order valence-corrected chi connectivity index (χ0v) is 23.2. The number of aromatic hydroxyl groups is 1. The smallest absolute Gasteiger partial charge is 0.277 e. The highest BCUT2D eigenvalue weighted by Gasteiger charge is 2.32. The van der Waals surface area contributed by atoms with E-state index in [1.807, 2.05) is 43.3 Å². The molecule has 1 atom stereocenters. The Balaban J connectivity index is 1.86. The summed E-state index contributed by atoms with van der Waals surface area (Å²) in [6.07, 6.45) is 6.41. The molecule has 4 aromatic rings. The fourth-order valence-electron chi connectivity index (χ4n) is 4.70. The molecule has 0 saturated heterocycles. The van der Waals surface area contributed by atoms with Crippen molar-refractivity contribution in [2.24, 2.45) is 0 Å². The van der Waals surface area contributed by atoms with E-state index in [2.05, 4.69) is 16.9 Å². The van der Waals surface area contributed by atoms with Crippen molar-refractivity contribution in [2.45, 2.75) is 55.4 Å². The highest BCUT2D eigenvalue weighted by Crippen LogP contribution is 2.30. The van der Waals surface area contributed by atoms with E-state index in [1.54, 1.807) is 24.5 Å². The number of methoxy groups -OCH3 is 1. The molecule has 0 saturated carbocycles. The van der Waals surface area contributed by atoms with E-state index in [4.69, 9.17) is 4.74 Å². The lowest BCUT2D eigenvalue weighted by atomic mass is 10.0. The molecule has 0 bridgehead atoms. The first-order chi connectivity index (χ1) is 18.8. The third-order valence-corrected chi connectivity index (χ3v) is 8.51. The molecule has 2 heterocycles. The molecule has 1 N–H and O–H groups in total. The number of nitrogens with zero attached hydrogens (tertiary/aromatic N) is 3. The molecule has 1 unspecified atom stereocenters. The molecule has 0 spiro atoms. The Morgan fingerprint density at radius 1 is 1.03 bits per heavy atom. The number of hydrogen-bond donors (Lipinski definition) is 1. The quantitative estimate of drug-likeness (QED) is 0.259. The third kappa shape index (κ3) is 5.94. The van der Waals surface area contributed by atoms with E-state index in [0.717, 1.165) is 41.5 Å². The first-order valence-electron chi connectivity index (χ1n) is 12.9. The molecule has 0 aliphatic rings. The minimum atomic E-state index is -4.40. The molecule has 0 aliphatic carbocycles. The number of aromatic nitrogens is 3. The molecule has 8 nitrogen and oxygen atoms in total. The van der Waals surface area contributed by atoms with Gasteiger partial charge in [-0.15, -0.1) is 0 Å². The summed E-state index contributed by atoms with van der Waals surface area (Å²) in [5.74, 6) is -0.472. The second-order valence-corrected chi connectivity index (χ2v) is 11.3. The van der Waals surface area contributed by atoms with Gasteiger partial charge in [0.2, 0.25) is 15.7 Å². The summed E-state index contributed by atoms with van der Waals surface area (Å²) < 4.78 is 34.4. The topological polar surface area (TPSA) is 111 Å². The second kappa shape index (κ2) is 12.4. The largest absolute Gasteiger partial charge is 0.492 e. The lowest BCUT2D eigenvalue weighted by Gasteiger charge is -2.24. The van der Waals surface area contributed by atoms with E-state index < -0.39 is 32.2 Å². The molecular formula is C30H33N3O5S.